The van der Waals surface area contributed by atoms with Crippen LogP contribution in [-0.2, 0) is 5.11 Å². The van der Waals surface area contributed by atoms with Crippen molar-refractivity contribution >= 4 is 0 Å². The number of rotatable bonds is 1. The van der Waals surface area contributed by atoms with Gasteiger partial charge in [0.25, 0.3) is 0 Å². The van der Waals surface area contributed by atoms with Crippen molar-refractivity contribution in [1.29, 1.82) is 0 Å². The highest BCUT2D eigenvalue weighted by Crippen LogP contribution is 2.07. The lowest BCUT2D eigenvalue weighted by Crippen LogP contribution is -1.99. The second-order valence-corrected chi connectivity index (χ2v) is 2.94. The Labute approximate surface area is 68.8 Å². The van der Waals surface area contributed by atoms with E-state index >= 15 is 0 Å². The quantitative estimate of drug-likeness (QED) is 0.561. The molecule has 2 nitrogen and oxygen atoms in total. The zero-order valence-corrected chi connectivity index (χ0v) is 7.50. The third kappa shape index (κ3) is 7.30. The van der Waals surface area contributed by atoms with Crippen molar-refractivity contribution in [1.82, 2.24) is 4.90 Å². The Balaban J connectivity index is 0.000000218. The van der Waals surface area contributed by atoms with Gasteiger partial charge in [-0.15, -0.1) is 0 Å². The van der Waals surface area contributed by atoms with Gasteiger partial charge in [-0.1, -0.05) is 18.2 Å². The summed E-state index contributed by atoms with van der Waals surface area (Å²) in [5.41, 5.74) is 1.00. The summed E-state index contributed by atoms with van der Waals surface area (Å²) in [7, 11) is 6.00. The maximum atomic E-state index is 10.0. The Hall–Kier alpha value is -0.600. The first-order chi connectivity index (χ1) is 5.16. The van der Waals surface area contributed by atoms with Crippen LogP contribution in [0.4, 0.5) is 0 Å². The molecule has 0 unspecified atom stereocenters. The predicted molar refractivity (Wildman–Crippen MR) is 47.0 cm³/mol. The van der Waals surface area contributed by atoms with Gasteiger partial charge in [0.15, 0.2) is 0 Å². The highest BCUT2D eigenvalue weighted by atomic mass is 16.3. The van der Waals surface area contributed by atoms with Gasteiger partial charge in [0.2, 0.25) is 0 Å². The smallest absolute Gasteiger partial charge is 0.104 e. The Morgan fingerprint density at radius 3 is 2.18 bits per heavy atom. The van der Waals surface area contributed by atoms with Crippen LogP contribution in [0.2, 0.25) is 0 Å². The van der Waals surface area contributed by atoms with Gasteiger partial charge < -0.3 is 4.90 Å². The maximum absolute atomic E-state index is 10.0. The van der Waals surface area contributed by atoms with E-state index < -0.39 is 0 Å². The van der Waals surface area contributed by atoms with Crippen molar-refractivity contribution in [2.45, 2.75) is 6.42 Å². The fourth-order valence-electron chi connectivity index (χ4n) is 0.599. The standard InChI is InChI=1S/C6H7O.C3H9N/c7-5-6-3-1-2-4-6;1-4(2)3/h1-3H,4-5H2;1-3H3. The van der Waals surface area contributed by atoms with Crippen LogP contribution in [0.5, 0.6) is 0 Å². The van der Waals surface area contributed by atoms with E-state index in [0.717, 1.165) is 12.0 Å². The molecule has 0 saturated carbocycles. The Morgan fingerprint density at radius 2 is 2.00 bits per heavy atom. The van der Waals surface area contributed by atoms with Crippen LogP contribution in [0, 0.1) is 0 Å². The second-order valence-electron chi connectivity index (χ2n) is 2.94. The topological polar surface area (TPSA) is 23.1 Å². The van der Waals surface area contributed by atoms with E-state index in [0.29, 0.717) is 0 Å². The van der Waals surface area contributed by atoms with Crippen molar-refractivity contribution in [3.63, 3.8) is 0 Å². The Bertz CT molecular complexity index is 145. The van der Waals surface area contributed by atoms with E-state index in [2.05, 4.69) is 0 Å². The molecular formula is C9H16NO. The highest BCUT2D eigenvalue weighted by Gasteiger charge is 1.94. The molecule has 0 aromatic carbocycles. The normalized spacial score (nSPS) is 14.5. The second kappa shape index (κ2) is 6.13. The average Bonchev–Trinajstić information content (AvgIpc) is 2.36. The monoisotopic (exact) mass is 154 g/mol. The fourth-order valence-corrected chi connectivity index (χ4v) is 0.599. The molecule has 1 rings (SSSR count). The van der Waals surface area contributed by atoms with Gasteiger partial charge in [0, 0.05) is 0 Å². The average molecular weight is 154 g/mol. The van der Waals surface area contributed by atoms with Crippen LogP contribution < -0.4 is 0 Å². The van der Waals surface area contributed by atoms with Crippen LogP contribution in [-0.4, -0.2) is 32.6 Å². The number of nitrogens with zero attached hydrogens (tertiary/aromatic N) is 1. The molecule has 1 aliphatic carbocycles. The summed E-state index contributed by atoms with van der Waals surface area (Å²) in [6.45, 7) is -0.0347. The van der Waals surface area contributed by atoms with Gasteiger partial charge in [-0.2, -0.15) is 0 Å². The van der Waals surface area contributed by atoms with Crippen molar-refractivity contribution < 1.29 is 5.11 Å². The molecule has 0 fully saturated rings. The lowest BCUT2D eigenvalue weighted by Gasteiger charge is -1.90. The molecule has 63 valence electrons. The summed E-state index contributed by atoms with van der Waals surface area (Å²) in [5.74, 6) is 0. The maximum Gasteiger partial charge on any atom is 0.104 e. The van der Waals surface area contributed by atoms with Crippen LogP contribution in [0.25, 0.3) is 0 Å². The molecule has 11 heavy (non-hydrogen) atoms. The summed E-state index contributed by atoms with van der Waals surface area (Å²) >= 11 is 0. The number of allylic oxidation sites excluding steroid dienone is 3. The van der Waals surface area contributed by atoms with E-state index in [4.69, 9.17) is 0 Å². The Morgan fingerprint density at radius 1 is 1.45 bits per heavy atom. The van der Waals surface area contributed by atoms with Crippen LogP contribution in [0.1, 0.15) is 6.42 Å². The molecule has 0 saturated heterocycles. The molecule has 1 radical (unpaired) electrons. The predicted octanol–water partition coefficient (Wildman–Crippen LogP) is 1.48. The summed E-state index contributed by atoms with van der Waals surface area (Å²) < 4.78 is 0. The van der Waals surface area contributed by atoms with Gasteiger partial charge in [0.1, 0.15) is 6.61 Å². The molecule has 0 aromatic rings. The van der Waals surface area contributed by atoms with Crippen molar-refractivity contribution in [2.24, 2.45) is 0 Å². The molecular weight excluding hydrogens is 138 g/mol. The zero-order chi connectivity index (χ0) is 8.69. The Kier molecular flexibility index (Phi) is 5.80. The third-order valence-electron chi connectivity index (χ3n) is 1.03. The minimum atomic E-state index is -0.0347. The molecule has 0 amide bonds. The minimum Gasteiger partial charge on any atom is -0.312 e. The molecule has 0 aliphatic heterocycles. The van der Waals surface area contributed by atoms with E-state index in [1.165, 1.54) is 0 Å². The highest BCUT2D eigenvalue weighted by molar-refractivity contribution is 5.22. The zero-order valence-electron chi connectivity index (χ0n) is 7.50. The van der Waals surface area contributed by atoms with Crippen molar-refractivity contribution in [3.8, 4) is 0 Å². The molecule has 1 aliphatic rings. The van der Waals surface area contributed by atoms with Crippen LogP contribution in [0.15, 0.2) is 23.8 Å². The van der Waals surface area contributed by atoms with Gasteiger partial charge in [0.05, 0.1) is 0 Å². The fraction of sp³-hybridized carbons (Fsp3) is 0.556. The first-order valence-electron chi connectivity index (χ1n) is 3.70. The van der Waals surface area contributed by atoms with Crippen molar-refractivity contribution in [3.05, 3.63) is 23.8 Å². The van der Waals surface area contributed by atoms with Gasteiger partial charge in [-0.05, 0) is 33.1 Å². The van der Waals surface area contributed by atoms with Gasteiger partial charge in [-0.3, -0.25) is 0 Å². The van der Waals surface area contributed by atoms with E-state index in [9.17, 15) is 5.11 Å². The summed E-state index contributed by atoms with van der Waals surface area (Å²) in [6.07, 6.45) is 6.68. The largest absolute Gasteiger partial charge is 0.312 e. The molecule has 0 spiro atoms. The van der Waals surface area contributed by atoms with Crippen LogP contribution in [0.3, 0.4) is 0 Å². The summed E-state index contributed by atoms with van der Waals surface area (Å²) in [4.78, 5) is 2.00. The van der Waals surface area contributed by atoms with E-state index in [-0.39, 0.29) is 6.61 Å². The summed E-state index contributed by atoms with van der Waals surface area (Å²) in [6, 6.07) is 0. The third-order valence-corrected chi connectivity index (χ3v) is 1.03. The summed E-state index contributed by atoms with van der Waals surface area (Å²) in [5, 5.41) is 10.0. The molecule has 0 aromatic heterocycles. The first kappa shape index (κ1) is 10.4. The minimum absolute atomic E-state index is 0.0347. The van der Waals surface area contributed by atoms with E-state index in [1.807, 2.05) is 44.3 Å². The van der Waals surface area contributed by atoms with Crippen molar-refractivity contribution in [2.75, 3.05) is 27.7 Å². The van der Waals surface area contributed by atoms with E-state index in [1.54, 1.807) is 0 Å². The lowest BCUT2D eigenvalue weighted by molar-refractivity contribution is 0.222. The number of hydrogen-bond donors (Lipinski definition) is 0. The lowest BCUT2D eigenvalue weighted by atomic mass is 10.3. The molecule has 2 heteroatoms. The SMILES string of the molecule is CN(C)C.[O]CC1=CC=CC1. The van der Waals surface area contributed by atoms with Crippen LogP contribution >= 0.6 is 0 Å². The molecule has 0 atom stereocenters. The molecule has 0 bridgehead atoms. The van der Waals surface area contributed by atoms with Gasteiger partial charge in [-0.25, -0.2) is 5.11 Å². The molecule has 0 N–H and O–H groups in total. The molecule has 0 heterocycles. The first-order valence-corrected chi connectivity index (χ1v) is 3.70. The van der Waals surface area contributed by atoms with Gasteiger partial charge >= 0.3 is 0 Å². The number of hydrogen-bond acceptors (Lipinski definition) is 1.